The molecule has 6 nitrogen and oxygen atoms in total. The highest BCUT2D eigenvalue weighted by Crippen LogP contribution is 2.24. The van der Waals surface area contributed by atoms with Gasteiger partial charge in [-0.2, -0.15) is 0 Å². The summed E-state index contributed by atoms with van der Waals surface area (Å²) in [5.74, 6) is 0. The van der Waals surface area contributed by atoms with Gasteiger partial charge in [-0.1, -0.05) is 0 Å². The summed E-state index contributed by atoms with van der Waals surface area (Å²) in [6.07, 6.45) is 3.74. The molecule has 2 rings (SSSR count). The Kier molecular flexibility index (Phi) is 6.22. The Labute approximate surface area is 145 Å². The molecule has 0 aromatic carbocycles. The third-order valence-corrected chi connectivity index (χ3v) is 6.79. The molecular formula is C17H29N3O3S. The van der Waals surface area contributed by atoms with Crippen LogP contribution in [0.4, 0.5) is 5.69 Å². The highest BCUT2D eigenvalue weighted by Gasteiger charge is 2.32. The summed E-state index contributed by atoms with van der Waals surface area (Å²) in [5, 5.41) is 3.59. The van der Waals surface area contributed by atoms with Crippen molar-refractivity contribution < 1.29 is 13.2 Å². The third-order valence-electron chi connectivity index (χ3n) is 4.39. The molecule has 1 N–H and O–H groups in total. The van der Waals surface area contributed by atoms with Crippen LogP contribution in [0.3, 0.4) is 0 Å². The molecule has 1 aromatic rings. The zero-order valence-corrected chi connectivity index (χ0v) is 15.9. The monoisotopic (exact) mass is 355 g/mol. The fraction of sp³-hybridized carbons (Fsp3) is 0.706. The number of rotatable bonds is 6. The van der Waals surface area contributed by atoms with Crippen molar-refractivity contribution in [3.05, 3.63) is 18.3 Å². The van der Waals surface area contributed by atoms with Gasteiger partial charge in [-0.05, 0) is 45.7 Å². The van der Waals surface area contributed by atoms with Gasteiger partial charge >= 0.3 is 0 Å². The van der Waals surface area contributed by atoms with Gasteiger partial charge in [-0.25, -0.2) is 13.4 Å². The van der Waals surface area contributed by atoms with Gasteiger partial charge in [-0.3, -0.25) is 0 Å². The van der Waals surface area contributed by atoms with Crippen LogP contribution < -0.4 is 5.32 Å². The largest absolute Gasteiger partial charge is 0.383 e. The fourth-order valence-corrected chi connectivity index (χ4v) is 3.76. The second-order valence-corrected chi connectivity index (χ2v) is 9.90. The maximum atomic E-state index is 12.4. The van der Waals surface area contributed by atoms with E-state index in [0.717, 1.165) is 44.8 Å². The SMILES string of the molecule is COCCN1CCC(Nc2ccc(S(=O)(=O)C(C)(C)C)nc2)CC1. The summed E-state index contributed by atoms with van der Waals surface area (Å²) in [6.45, 7) is 8.90. The van der Waals surface area contributed by atoms with Gasteiger partial charge < -0.3 is 15.0 Å². The first-order valence-corrected chi connectivity index (χ1v) is 9.91. The second-order valence-electron chi connectivity index (χ2n) is 7.25. The summed E-state index contributed by atoms with van der Waals surface area (Å²) in [4.78, 5) is 6.56. The lowest BCUT2D eigenvalue weighted by molar-refractivity contribution is 0.132. The maximum absolute atomic E-state index is 12.4. The molecule has 0 atom stereocenters. The van der Waals surface area contributed by atoms with E-state index in [9.17, 15) is 8.42 Å². The highest BCUT2D eigenvalue weighted by atomic mass is 32.2. The minimum atomic E-state index is -3.40. The lowest BCUT2D eigenvalue weighted by Gasteiger charge is -2.32. The molecule has 1 aliphatic heterocycles. The van der Waals surface area contributed by atoms with Crippen LogP contribution in [-0.2, 0) is 14.6 Å². The van der Waals surface area contributed by atoms with Crippen molar-refractivity contribution in [2.45, 2.75) is 49.4 Å². The molecule has 2 heterocycles. The van der Waals surface area contributed by atoms with Gasteiger partial charge in [0.2, 0.25) is 0 Å². The number of anilines is 1. The number of piperidine rings is 1. The van der Waals surface area contributed by atoms with Crippen molar-refractivity contribution in [1.82, 2.24) is 9.88 Å². The molecule has 1 saturated heterocycles. The molecule has 1 fully saturated rings. The molecule has 7 heteroatoms. The number of pyridine rings is 1. The van der Waals surface area contributed by atoms with E-state index in [1.807, 2.05) is 6.07 Å². The molecule has 24 heavy (non-hydrogen) atoms. The van der Waals surface area contributed by atoms with Crippen LogP contribution in [0.15, 0.2) is 23.4 Å². The molecule has 0 aliphatic carbocycles. The predicted molar refractivity (Wildman–Crippen MR) is 96.1 cm³/mol. The van der Waals surface area contributed by atoms with E-state index in [1.54, 1.807) is 40.1 Å². The minimum Gasteiger partial charge on any atom is -0.383 e. The number of ether oxygens (including phenoxy) is 1. The lowest BCUT2D eigenvalue weighted by Crippen LogP contribution is -2.40. The first-order valence-electron chi connectivity index (χ1n) is 8.42. The summed E-state index contributed by atoms with van der Waals surface area (Å²) < 4.78 is 29.0. The standard InChI is InChI=1S/C17H29N3O3S/c1-17(2,3)24(21,22)16-6-5-15(13-18-16)19-14-7-9-20(10-8-14)11-12-23-4/h5-6,13-14,19H,7-12H2,1-4H3. The molecule has 136 valence electrons. The fourth-order valence-electron chi connectivity index (χ4n) is 2.70. The number of nitrogens with zero attached hydrogens (tertiary/aromatic N) is 2. The van der Waals surface area contributed by atoms with Gasteiger partial charge in [0.15, 0.2) is 14.9 Å². The summed E-state index contributed by atoms with van der Waals surface area (Å²) >= 11 is 0. The van der Waals surface area contributed by atoms with Crippen molar-refractivity contribution in [1.29, 1.82) is 0 Å². The maximum Gasteiger partial charge on any atom is 0.200 e. The molecule has 0 bridgehead atoms. The predicted octanol–water partition coefficient (Wildman–Crippen LogP) is 2.18. The Morgan fingerprint density at radius 1 is 1.29 bits per heavy atom. The minimum absolute atomic E-state index is 0.134. The van der Waals surface area contributed by atoms with E-state index < -0.39 is 14.6 Å². The molecule has 0 amide bonds. The van der Waals surface area contributed by atoms with Gasteiger partial charge in [0.05, 0.1) is 23.2 Å². The summed E-state index contributed by atoms with van der Waals surface area (Å²) in [5.41, 5.74) is 0.873. The van der Waals surface area contributed by atoms with E-state index in [0.29, 0.717) is 6.04 Å². The van der Waals surface area contributed by atoms with Crippen molar-refractivity contribution in [3.8, 4) is 0 Å². The van der Waals surface area contributed by atoms with Crippen molar-refractivity contribution in [2.75, 3.05) is 38.7 Å². The Morgan fingerprint density at radius 3 is 2.46 bits per heavy atom. The summed E-state index contributed by atoms with van der Waals surface area (Å²) in [7, 11) is -1.67. The van der Waals surface area contributed by atoms with Crippen LogP contribution in [-0.4, -0.2) is 62.4 Å². The van der Waals surface area contributed by atoms with E-state index in [-0.39, 0.29) is 5.03 Å². The summed E-state index contributed by atoms with van der Waals surface area (Å²) in [6, 6.07) is 3.80. The van der Waals surface area contributed by atoms with E-state index in [1.165, 1.54) is 0 Å². The number of methoxy groups -OCH3 is 1. The van der Waals surface area contributed by atoms with Gasteiger partial charge in [0, 0.05) is 32.8 Å². The van der Waals surface area contributed by atoms with E-state index in [2.05, 4.69) is 15.2 Å². The van der Waals surface area contributed by atoms with E-state index >= 15 is 0 Å². The first-order chi connectivity index (χ1) is 11.2. The smallest absolute Gasteiger partial charge is 0.200 e. The number of aromatic nitrogens is 1. The molecular weight excluding hydrogens is 326 g/mol. The molecule has 0 unspecified atom stereocenters. The number of sulfone groups is 1. The highest BCUT2D eigenvalue weighted by molar-refractivity contribution is 7.92. The third kappa shape index (κ3) is 4.68. The normalized spacial score (nSPS) is 17.8. The Hall–Kier alpha value is -1.18. The van der Waals surface area contributed by atoms with Crippen LogP contribution in [0.1, 0.15) is 33.6 Å². The number of likely N-dealkylation sites (tertiary alicyclic amines) is 1. The number of hydrogen-bond donors (Lipinski definition) is 1. The Bertz CT molecular complexity index is 615. The quantitative estimate of drug-likeness (QED) is 0.843. The topological polar surface area (TPSA) is 71.5 Å². The van der Waals surface area contributed by atoms with Crippen molar-refractivity contribution in [2.24, 2.45) is 0 Å². The van der Waals surface area contributed by atoms with Gasteiger partial charge in [-0.15, -0.1) is 0 Å². The van der Waals surface area contributed by atoms with Crippen LogP contribution in [0.2, 0.25) is 0 Å². The van der Waals surface area contributed by atoms with Gasteiger partial charge in [0.25, 0.3) is 0 Å². The average Bonchev–Trinajstić information content (AvgIpc) is 2.54. The van der Waals surface area contributed by atoms with Crippen LogP contribution in [0.5, 0.6) is 0 Å². The van der Waals surface area contributed by atoms with Crippen LogP contribution in [0, 0.1) is 0 Å². The molecule has 0 spiro atoms. The molecule has 0 saturated carbocycles. The second kappa shape index (κ2) is 7.80. The zero-order valence-electron chi connectivity index (χ0n) is 15.1. The molecule has 0 radical (unpaired) electrons. The molecule has 1 aliphatic rings. The average molecular weight is 356 g/mol. The van der Waals surface area contributed by atoms with E-state index in [4.69, 9.17) is 4.74 Å². The number of nitrogens with one attached hydrogen (secondary N) is 1. The zero-order chi connectivity index (χ0) is 17.8. The van der Waals surface area contributed by atoms with Gasteiger partial charge in [0.1, 0.15) is 0 Å². The van der Waals surface area contributed by atoms with Crippen LogP contribution >= 0.6 is 0 Å². The number of hydrogen-bond acceptors (Lipinski definition) is 6. The van der Waals surface area contributed by atoms with Crippen molar-refractivity contribution in [3.63, 3.8) is 0 Å². The lowest BCUT2D eigenvalue weighted by atomic mass is 10.0. The van der Waals surface area contributed by atoms with Crippen molar-refractivity contribution >= 4 is 15.5 Å². The first kappa shape index (κ1) is 19.1. The Morgan fingerprint density at radius 2 is 1.96 bits per heavy atom. The Balaban J connectivity index is 1.92. The molecule has 1 aromatic heterocycles. The van der Waals surface area contributed by atoms with Crippen LogP contribution in [0.25, 0.3) is 0 Å².